The Morgan fingerprint density at radius 2 is 1.97 bits per heavy atom. The maximum Gasteiger partial charge on any atom is 0.315 e. The number of carbonyl (C=O) groups is 3. The second-order valence-electron chi connectivity index (χ2n) is 7.10. The standard InChI is InChI=1S/C22H25NO6/c1-5-28-22(26)19-12(2)23-15-7-6-8-16(25)21(15)20(19)14-9-10-17(29-13(3)24)18(11-14)27-4/h9-11,19-20H,5-8H2,1-4H3/t19?,20-/m1/s1. The fourth-order valence-corrected chi connectivity index (χ4v) is 4.02. The molecule has 1 aromatic rings. The molecule has 2 aliphatic rings. The molecular formula is C22H25NO6. The third-order valence-corrected chi connectivity index (χ3v) is 5.18. The smallest absolute Gasteiger partial charge is 0.315 e. The van der Waals surface area contributed by atoms with Crippen molar-refractivity contribution in [1.82, 2.24) is 0 Å². The number of hydrogen-bond acceptors (Lipinski definition) is 7. The van der Waals surface area contributed by atoms with E-state index < -0.39 is 23.8 Å². The predicted molar refractivity (Wildman–Crippen MR) is 106 cm³/mol. The highest BCUT2D eigenvalue weighted by Gasteiger charge is 2.43. The first-order valence-corrected chi connectivity index (χ1v) is 9.71. The van der Waals surface area contributed by atoms with Crippen LogP contribution >= 0.6 is 0 Å². The summed E-state index contributed by atoms with van der Waals surface area (Å²) in [6.07, 6.45) is 1.88. The summed E-state index contributed by atoms with van der Waals surface area (Å²) >= 11 is 0. The van der Waals surface area contributed by atoms with Gasteiger partial charge < -0.3 is 14.2 Å². The summed E-state index contributed by atoms with van der Waals surface area (Å²) in [5.41, 5.74) is 2.66. The monoisotopic (exact) mass is 399 g/mol. The van der Waals surface area contributed by atoms with Gasteiger partial charge in [0, 0.05) is 36.2 Å². The number of carbonyl (C=O) groups excluding carboxylic acids is 3. The highest BCUT2D eigenvalue weighted by molar-refractivity contribution is 6.08. The Balaban J connectivity index is 2.14. The van der Waals surface area contributed by atoms with Crippen LogP contribution < -0.4 is 9.47 Å². The lowest BCUT2D eigenvalue weighted by molar-refractivity contribution is -0.146. The number of esters is 2. The Bertz CT molecular complexity index is 914. The number of hydrogen-bond donors (Lipinski definition) is 0. The van der Waals surface area contributed by atoms with Gasteiger partial charge in [0.15, 0.2) is 17.3 Å². The third kappa shape index (κ3) is 4.09. The first-order chi connectivity index (χ1) is 13.9. The van der Waals surface area contributed by atoms with Crippen LogP contribution in [-0.4, -0.2) is 37.2 Å². The normalized spacial score (nSPS) is 21.2. The van der Waals surface area contributed by atoms with Gasteiger partial charge in [-0.25, -0.2) is 0 Å². The van der Waals surface area contributed by atoms with E-state index in [1.54, 1.807) is 32.0 Å². The first-order valence-electron chi connectivity index (χ1n) is 9.71. The van der Waals surface area contributed by atoms with Gasteiger partial charge in [-0.05, 0) is 44.4 Å². The van der Waals surface area contributed by atoms with E-state index in [1.807, 2.05) is 0 Å². The minimum atomic E-state index is -0.694. The molecule has 1 aromatic carbocycles. The highest BCUT2D eigenvalue weighted by atomic mass is 16.6. The van der Waals surface area contributed by atoms with Crippen molar-refractivity contribution in [2.24, 2.45) is 10.9 Å². The lowest BCUT2D eigenvalue weighted by atomic mass is 9.71. The maximum absolute atomic E-state index is 12.8. The molecule has 0 radical (unpaired) electrons. The summed E-state index contributed by atoms with van der Waals surface area (Å²) < 4.78 is 15.9. The Hall–Kier alpha value is -2.96. The Kier molecular flexibility index (Phi) is 6.15. The molecule has 0 fully saturated rings. The topological polar surface area (TPSA) is 91.3 Å². The van der Waals surface area contributed by atoms with Crippen molar-refractivity contribution < 1.29 is 28.6 Å². The number of methoxy groups -OCH3 is 1. The van der Waals surface area contributed by atoms with Crippen LogP contribution in [0, 0.1) is 5.92 Å². The molecule has 1 heterocycles. The third-order valence-electron chi connectivity index (χ3n) is 5.18. The molecule has 7 nitrogen and oxygen atoms in total. The minimum Gasteiger partial charge on any atom is -0.493 e. The van der Waals surface area contributed by atoms with Crippen LogP contribution in [0.1, 0.15) is 51.5 Å². The van der Waals surface area contributed by atoms with Crippen LogP contribution in [0.2, 0.25) is 0 Å². The summed E-state index contributed by atoms with van der Waals surface area (Å²) in [6.45, 7) is 5.09. The number of aliphatic imine (C=N–C) groups is 1. The fourth-order valence-electron chi connectivity index (χ4n) is 4.02. The average molecular weight is 399 g/mol. The predicted octanol–water partition coefficient (Wildman–Crippen LogP) is 3.37. The molecule has 29 heavy (non-hydrogen) atoms. The number of nitrogens with zero attached hydrogens (tertiary/aromatic N) is 1. The SMILES string of the molecule is CCOC(=O)C1C(C)=NC2=C(C(=O)CCC2)[C@@H]1c1ccc(OC(C)=O)c(OC)c1. The largest absolute Gasteiger partial charge is 0.493 e. The van der Waals surface area contributed by atoms with Crippen molar-refractivity contribution in [3.63, 3.8) is 0 Å². The molecule has 0 saturated heterocycles. The van der Waals surface area contributed by atoms with Crippen LogP contribution in [0.15, 0.2) is 34.5 Å². The van der Waals surface area contributed by atoms with Gasteiger partial charge in [-0.2, -0.15) is 0 Å². The quantitative estimate of drug-likeness (QED) is 0.557. The Morgan fingerprint density at radius 3 is 2.62 bits per heavy atom. The number of rotatable bonds is 5. The molecule has 1 aliphatic carbocycles. The molecule has 154 valence electrons. The average Bonchev–Trinajstić information content (AvgIpc) is 2.67. The lowest BCUT2D eigenvalue weighted by Gasteiger charge is -2.34. The molecule has 0 aromatic heterocycles. The van der Waals surface area contributed by atoms with Crippen molar-refractivity contribution in [2.45, 2.75) is 46.0 Å². The molecule has 0 spiro atoms. The zero-order valence-electron chi connectivity index (χ0n) is 17.1. The van der Waals surface area contributed by atoms with E-state index in [4.69, 9.17) is 14.2 Å². The van der Waals surface area contributed by atoms with E-state index >= 15 is 0 Å². The summed E-state index contributed by atoms with van der Waals surface area (Å²) in [4.78, 5) is 41.6. The molecule has 0 amide bonds. The van der Waals surface area contributed by atoms with Gasteiger partial charge >= 0.3 is 11.9 Å². The van der Waals surface area contributed by atoms with Crippen molar-refractivity contribution in [2.75, 3.05) is 13.7 Å². The number of allylic oxidation sites excluding steroid dienone is 2. The van der Waals surface area contributed by atoms with Crippen LogP contribution in [0.25, 0.3) is 0 Å². The fraction of sp³-hybridized carbons (Fsp3) is 0.455. The molecule has 1 aliphatic heterocycles. The zero-order valence-corrected chi connectivity index (χ0v) is 17.1. The summed E-state index contributed by atoms with van der Waals surface area (Å²) in [5.74, 6) is -1.45. The molecule has 3 rings (SSSR count). The molecular weight excluding hydrogens is 374 g/mol. The number of benzene rings is 1. The summed E-state index contributed by atoms with van der Waals surface area (Å²) in [5, 5.41) is 0. The van der Waals surface area contributed by atoms with Crippen LogP contribution in [0.5, 0.6) is 11.5 Å². The van der Waals surface area contributed by atoms with Gasteiger partial charge in [-0.15, -0.1) is 0 Å². The van der Waals surface area contributed by atoms with E-state index in [9.17, 15) is 14.4 Å². The highest BCUT2D eigenvalue weighted by Crippen LogP contribution is 2.45. The van der Waals surface area contributed by atoms with E-state index in [1.165, 1.54) is 14.0 Å². The molecule has 0 N–H and O–H groups in total. The van der Waals surface area contributed by atoms with E-state index in [0.29, 0.717) is 35.4 Å². The zero-order chi connectivity index (χ0) is 21.1. The van der Waals surface area contributed by atoms with E-state index in [-0.39, 0.29) is 18.1 Å². The summed E-state index contributed by atoms with van der Waals surface area (Å²) in [7, 11) is 1.47. The van der Waals surface area contributed by atoms with Crippen LogP contribution in [0.3, 0.4) is 0 Å². The molecule has 1 unspecified atom stereocenters. The molecule has 7 heteroatoms. The van der Waals surface area contributed by atoms with Crippen LogP contribution in [0.4, 0.5) is 0 Å². The van der Waals surface area contributed by atoms with E-state index in [0.717, 1.165) is 12.1 Å². The van der Waals surface area contributed by atoms with Gasteiger partial charge in [0.25, 0.3) is 0 Å². The lowest BCUT2D eigenvalue weighted by Crippen LogP contribution is -2.37. The second kappa shape index (κ2) is 8.59. The maximum atomic E-state index is 12.8. The van der Waals surface area contributed by atoms with Crippen LogP contribution in [-0.2, 0) is 19.1 Å². The van der Waals surface area contributed by atoms with Gasteiger partial charge in [0.2, 0.25) is 0 Å². The van der Waals surface area contributed by atoms with E-state index in [2.05, 4.69) is 4.99 Å². The van der Waals surface area contributed by atoms with Gasteiger partial charge in [0.05, 0.1) is 13.7 Å². The summed E-state index contributed by atoms with van der Waals surface area (Å²) in [6, 6.07) is 5.08. The van der Waals surface area contributed by atoms with Gasteiger partial charge in [-0.3, -0.25) is 19.4 Å². The van der Waals surface area contributed by atoms with Crippen molar-refractivity contribution in [3.05, 3.63) is 35.0 Å². The number of Topliss-reactive ketones (excluding diaryl/α,β-unsaturated/α-hetero) is 1. The number of ether oxygens (including phenoxy) is 3. The molecule has 2 atom stereocenters. The first kappa shape index (κ1) is 20.8. The van der Waals surface area contributed by atoms with Crippen molar-refractivity contribution in [3.8, 4) is 11.5 Å². The Morgan fingerprint density at radius 1 is 1.21 bits per heavy atom. The number of ketones is 1. The van der Waals surface area contributed by atoms with Gasteiger partial charge in [-0.1, -0.05) is 6.07 Å². The van der Waals surface area contributed by atoms with Gasteiger partial charge in [0.1, 0.15) is 5.92 Å². The van der Waals surface area contributed by atoms with Crippen molar-refractivity contribution in [1.29, 1.82) is 0 Å². The molecule has 0 saturated carbocycles. The molecule has 0 bridgehead atoms. The minimum absolute atomic E-state index is 0.00447. The van der Waals surface area contributed by atoms with Crippen molar-refractivity contribution >= 4 is 23.4 Å². The second-order valence-corrected chi connectivity index (χ2v) is 7.10. The Labute approximate surface area is 169 Å².